The lowest BCUT2D eigenvalue weighted by atomic mass is 9.95. The Hall–Kier alpha value is -0.320. The number of rotatable bonds is 8. The lowest BCUT2D eigenvalue weighted by molar-refractivity contribution is 0.0132. The Morgan fingerprint density at radius 1 is 1.00 bits per heavy atom. The molecular weight excluding hydrogens is 379 g/mol. The fourth-order valence-corrected chi connectivity index (χ4v) is 4.13. The van der Waals surface area contributed by atoms with Gasteiger partial charge in [-0.15, -0.1) is 24.8 Å². The first-order valence-electron chi connectivity index (χ1n) is 10.4. The molecule has 0 radical (unpaired) electrons. The predicted octanol–water partition coefficient (Wildman–Crippen LogP) is 5.29. The summed E-state index contributed by atoms with van der Waals surface area (Å²) in [6, 6.07) is 9.40. The SMILES string of the molecule is CCCCOC(CN1CCN(C)CC1)c1ccc(C2CCCC2)cc1.Cl.Cl. The van der Waals surface area contributed by atoms with E-state index in [1.54, 1.807) is 0 Å². The maximum absolute atomic E-state index is 6.31. The first-order chi connectivity index (χ1) is 12.3. The zero-order valence-corrected chi connectivity index (χ0v) is 18.7. The van der Waals surface area contributed by atoms with Crippen LogP contribution in [-0.2, 0) is 4.74 Å². The van der Waals surface area contributed by atoms with Crippen molar-refractivity contribution in [3.8, 4) is 0 Å². The fourth-order valence-electron chi connectivity index (χ4n) is 4.13. The van der Waals surface area contributed by atoms with Crippen LogP contribution in [0.5, 0.6) is 0 Å². The summed E-state index contributed by atoms with van der Waals surface area (Å²) in [4.78, 5) is 4.99. The molecule has 1 aliphatic heterocycles. The van der Waals surface area contributed by atoms with Crippen molar-refractivity contribution in [1.29, 1.82) is 0 Å². The summed E-state index contributed by atoms with van der Waals surface area (Å²) in [5.74, 6) is 0.797. The molecule has 1 aliphatic carbocycles. The van der Waals surface area contributed by atoms with Crippen molar-refractivity contribution in [3.63, 3.8) is 0 Å². The quantitative estimate of drug-likeness (QED) is 0.535. The second-order valence-electron chi connectivity index (χ2n) is 7.96. The second kappa shape index (κ2) is 13.0. The lowest BCUT2D eigenvalue weighted by Gasteiger charge is -2.34. The number of ether oxygens (including phenoxy) is 1. The average Bonchev–Trinajstić information content (AvgIpc) is 3.18. The lowest BCUT2D eigenvalue weighted by Crippen LogP contribution is -2.46. The molecule has 0 bridgehead atoms. The van der Waals surface area contributed by atoms with Gasteiger partial charge in [-0.3, -0.25) is 4.90 Å². The van der Waals surface area contributed by atoms with E-state index in [0.717, 1.165) is 38.6 Å². The first kappa shape index (κ1) is 24.7. The minimum Gasteiger partial charge on any atom is -0.372 e. The van der Waals surface area contributed by atoms with Crippen molar-refractivity contribution < 1.29 is 4.74 Å². The standard InChI is InChI=1S/C22H36N2O.2ClH/c1-3-4-17-25-22(18-24-15-13-23(2)14-16-24)21-11-9-20(10-12-21)19-7-5-6-8-19;;/h9-12,19,22H,3-8,13-18H2,1-2H3;2*1H. The summed E-state index contributed by atoms with van der Waals surface area (Å²) in [6.07, 6.45) is 8.11. The van der Waals surface area contributed by atoms with Gasteiger partial charge in [0.1, 0.15) is 0 Å². The van der Waals surface area contributed by atoms with E-state index in [9.17, 15) is 0 Å². The topological polar surface area (TPSA) is 15.7 Å². The van der Waals surface area contributed by atoms with Gasteiger partial charge in [-0.05, 0) is 43.4 Å². The predicted molar refractivity (Wildman–Crippen MR) is 120 cm³/mol. The van der Waals surface area contributed by atoms with Crippen LogP contribution in [0.1, 0.15) is 68.6 Å². The molecule has 0 spiro atoms. The molecular formula is C22H38Cl2N2O. The van der Waals surface area contributed by atoms with Gasteiger partial charge in [0.05, 0.1) is 6.10 Å². The highest BCUT2D eigenvalue weighted by Crippen LogP contribution is 2.34. The molecule has 0 N–H and O–H groups in total. The van der Waals surface area contributed by atoms with Crippen LogP contribution in [-0.4, -0.2) is 56.2 Å². The fraction of sp³-hybridized carbons (Fsp3) is 0.727. The molecule has 1 saturated heterocycles. The summed E-state index contributed by atoms with van der Waals surface area (Å²) in [7, 11) is 2.22. The summed E-state index contributed by atoms with van der Waals surface area (Å²) in [5.41, 5.74) is 2.89. The van der Waals surface area contributed by atoms with Crippen LogP contribution in [0.3, 0.4) is 0 Å². The molecule has 2 fully saturated rings. The third kappa shape index (κ3) is 7.55. The average molecular weight is 417 g/mol. The number of piperazine rings is 1. The molecule has 3 rings (SSSR count). The number of nitrogens with zero attached hydrogens (tertiary/aromatic N) is 2. The van der Waals surface area contributed by atoms with Crippen LogP contribution in [0, 0.1) is 0 Å². The third-order valence-electron chi connectivity index (χ3n) is 5.97. The maximum atomic E-state index is 6.31. The molecule has 1 unspecified atom stereocenters. The monoisotopic (exact) mass is 416 g/mol. The number of likely N-dealkylation sites (N-methyl/N-ethyl adjacent to an activating group) is 1. The highest BCUT2D eigenvalue weighted by atomic mass is 35.5. The van der Waals surface area contributed by atoms with Crippen LogP contribution in [0.4, 0.5) is 0 Å². The van der Waals surface area contributed by atoms with Gasteiger partial charge in [0.15, 0.2) is 0 Å². The van der Waals surface area contributed by atoms with Crippen LogP contribution in [0.2, 0.25) is 0 Å². The van der Waals surface area contributed by atoms with Crippen molar-refractivity contribution in [3.05, 3.63) is 35.4 Å². The number of hydrogen-bond donors (Lipinski definition) is 0. The van der Waals surface area contributed by atoms with Crippen LogP contribution in [0.15, 0.2) is 24.3 Å². The number of benzene rings is 1. The van der Waals surface area contributed by atoms with E-state index in [1.165, 1.54) is 56.3 Å². The Kier molecular flexibility index (Phi) is 11.9. The third-order valence-corrected chi connectivity index (χ3v) is 5.97. The van der Waals surface area contributed by atoms with Gasteiger partial charge in [-0.1, -0.05) is 50.5 Å². The summed E-state index contributed by atoms with van der Waals surface area (Å²) >= 11 is 0. The minimum absolute atomic E-state index is 0. The zero-order chi connectivity index (χ0) is 17.5. The van der Waals surface area contributed by atoms with Crippen molar-refractivity contribution in [2.75, 3.05) is 46.4 Å². The summed E-state index contributed by atoms with van der Waals surface area (Å²) in [6.45, 7) is 8.79. The summed E-state index contributed by atoms with van der Waals surface area (Å²) in [5, 5.41) is 0. The molecule has 0 aromatic heterocycles. The number of unbranched alkanes of at least 4 members (excludes halogenated alkanes) is 1. The zero-order valence-electron chi connectivity index (χ0n) is 17.1. The second-order valence-corrected chi connectivity index (χ2v) is 7.96. The Morgan fingerprint density at radius 3 is 2.22 bits per heavy atom. The van der Waals surface area contributed by atoms with Crippen molar-refractivity contribution in [1.82, 2.24) is 9.80 Å². The molecule has 2 aliphatic rings. The summed E-state index contributed by atoms with van der Waals surface area (Å²) < 4.78 is 6.31. The van der Waals surface area contributed by atoms with E-state index in [2.05, 4.69) is 48.0 Å². The van der Waals surface area contributed by atoms with Crippen molar-refractivity contribution >= 4 is 24.8 Å². The van der Waals surface area contributed by atoms with Crippen LogP contribution < -0.4 is 0 Å². The normalized spacial score (nSPS) is 20.1. The van der Waals surface area contributed by atoms with Gasteiger partial charge >= 0.3 is 0 Å². The first-order valence-corrected chi connectivity index (χ1v) is 10.4. The van der Waals surface area contributed by atoms with Gasteiger partial charge in [-0.25, -0.2) is 0 Å². The highest BCUT2D eigenvalue weighted by molar-refractivity contribution is 5.85. The van der Waals surface area contributed by atoms with Crippen molar-refractivity contribution in [2.45, 2.75) is 57.5 Å². The van der Waals surface area contributed by atoms with Gasteiger partial charge in [0.25, 0.3) is 0 Å². The molecule has 1 saturated carbocycles. The van der Waals surface area contributed by atoms with E-state index in [0.29, 0.717) is 0 Å². The molecule has 1 aromatic rings. The smallest absolute Gasteiger partial charge is 0.0951 e. The number of halogens is 2. The Bertz CT molecular complexity index is 498. The largest absolute Gasteiger partial charge is 0.372 e. The Balaban J connectivity index is 0.00000182. The molecule has 1 aromatic carbocycles. The van der Waals surface area contributed by atoms with Crippen LogP contribution in [0.25, 0.3) is 0 Å². The van der Waals surface area contributed by atoms with Gasteiger partial charge in [0, 0.05) is 39.3 Å². The Labute approximate surface area is 178 Å². The van der Waals surface area contributed by atoms with Gasteiger partial charge < -0.3 is 9.64 Å². The minimum atomic E-state index is 0. The van der Waals surface area contributed by atoms with Crippen LogP contribution >= 0.6 is 24.8 Å². The molecule has 1 atom stereocenters. The highest BCUT2D eigenvalue weighted by Gasteiger charge is 2.21. The van der Waals surface area contributed by atoms with E-state index >= 15 is 0 Å². The molecule has 5 heteroatoms. The molecule has 0 amide bonds. The Morgan fingerprint density at radius 2 is 1.63 bits per heavy atom. The molecule has 27 heavy (non-hydrogen) atoms. The molecule has 1 heterocycles. The van der Waals surface area contributed by atoms with E-state index in [4.69, 9.17) is 4.74 Å². The maximum Gasteiger partial charge on any atom is 0.0951 e. The molecule has 3 nitrogen and oxygen atoms in total. The van der Waals surface area contributed by atoms with Gasteiger partial charge in [-0.2, -0.15) is 0 Å². The number of hydrogen-bond acceptors (Lipinski definition) is 3. The van der Waals surface area contributed by atoms with E-state index in [1.807, 2.05) is 0 Å². The van der Waals surface area contributed by atoms with E-state index in [-0.39, 0.29) is 30.9 Å². The van der Waals surface area contributed by atoms with Gasteiger partial charge in [0.2, 0.25) is 0 Å². The van der Waals surface area contributed by atoms with Crippen molar-refractivity contribution in [2.24, 2.45) is 0 Å². The van der Waals surface area contributed by atoms with E-state index < -0.39 is 0 Å². The molecule has 156 valence electrons.